The van der Waals surface area contributed by atoms with Crippen LogP contribution in [0.1, 0.15) is 11.1 Å². The lowest BCUT2D eigenvalue weighted by Crippen LogP contribution is -1.95. The van der Waals surface area contributed by atoms with E-state index in [9.17, 15) is 4.39 Å². The van der Waals surface area contributed by atoms with Crippen molar-refractivity contribution in [2.45, 2.75) is 13.5 Å². The van der Waals surface area contributed by atoms with Gasteiger partial charge in [0, 0.05) is 23.6 Å². The molecule has 1 atom stereocenters. The molecule has 0 aliphatic heterocycles. The molecule has 28 heavy (non-hydrogen) atoms. The lowest BCUT2D eigenvalue weighted by atomic mass is 9.99. The molecule has 0 saturated carbocycles. The number of ether oxygens (including phenoxy) is 1. The predicted octanol–water partition coefficient (Wildman–Crippen LogP) is 5.66. The first-order chi connectivity index (χ1) is 13.5. The normalized spacial score (nSPS) is 11.1. The van der Waals surface area contributed by atoms with Crippen LogP contribution in [0.2, 0.25) is 0 Å². The molecule has 4 aromatic rings. The Bertz CT molecular complexity index is 1170. The highest BCUT2D eigenvalue weighted by Crippen LogP contribution is 2.30. The van der Waals surface area contributed by atoms with Crippen LogP contribution in [0, 0.1) is 12.7 Å². The van der Waals surface area contributed by atoms with E-state index in [-0.39, 0.29) is 5.82 Å². The van der Waals surface area contributed by atoms with Crippen LogP contribution >= 0.6 is 9.24 Å². The quantitative estimate of drug-likeness (QED) is 0.420. The molecule has 0 bridgehead atoms. The average Bonchev–Trinajstić information content (AvgIpc) is 2.69. The van der Waals surface area contributed by atoms with E-state index in [0.29, 0.717) is 12.2 Å². The fourth-order valence-corrected chi connectivity index (χ4v) is 3.73. The molecule has 0 N–H and O–H groups in total. The highest BCUT2D eigenvalue weighted by atomic mass is 31.0. The Labute approximate surface area is 166 Å². The number of hydrogen-bond acceptors (Lipinski definition) is 2. The molecule has 1 unspecified atom stereocenters. The predicted molar refractivity (Wildman–Crippen MR) is 117 cm³/mol. The number of rotatable bonds is 4. The third-order valence-corrected chi connectivity index (χ3v) is 5.21. The van der Waals surface area contributed by atoms with Crippen LogP contribution in [0.15, 0.2) is 66.7 Å². The Balaban J connectivity index is 1.75. The SMILES string of the molecule is COCc1cccc(-c2ccc(-c3cc(C)c4cc(P)ccc4n3)cc2F)c1. The lowest BCUT2D eigenvalue weighted by Gasteiger charge is -2.10. The standard InChI is InChI=1S/C24H21FNOP/c1-15-10-24(26-23-9-7-19(28)13-21(15)23)18-6-8-20(22(25)12-18)17-5-3-4-16(11-17)14-27-2/h3-13H,14,28H2,1-2H3. The lowest BCUT2D eigenvalue weighted by molar-refractivity contribution is 0.185. The van der Waals surface area contributed by atoms with E-state index in [0.717, 1.165) is 44.2 Å². The van der Waals surface area contributed by atoms with Crippen molar-refractivity contribution in [2.75, 3.05) is 7.11 Å². The second-order valence-electron chi connectivity index (χ2n) is 6.93. The highest BCUT2D eigenvalue weighted by molar-refractivity contribution is 7.27. The van der Waals surface area contributed by atoms with Gasteiger partial charge in [-0.25, -0.2) is 9.37 Å². The fraction of sp³-hybridized carbons (Fsp3) is 0.125. The molecular weight excluding hydrogens is 368 g/mol. The molecule has 2 nitrogen and oxygen atoms in total. The van der Waals surface area contributed by atoms with Crippen LogP contribution in [0.3, 0.4) is 0 Å². The zero-order chi connectivity index (χ0) is 19.7. The van der Waals surface area contributed by atoms with Crippen LogP contribution in [0.5, 0.6) is 0 Å². The molecule has 0 spiro atoms. The van der Waals surface area contributed by atoms with Crippen LogP contribution < -0.4 is 5.30 Å². The molecule has 0 fully saturated rings. The molecule has 0 aliphatic rings. The van der Waals surface area contributed by atoms with Gasteiger partial charge < -0.3 is 4.74 Å². The summed E-state index contributed by atoms with van der Waals surface area (Å²) in [6.45, 7) is 2.56. The van der Waals surface area contributed by atoms with Gasteiger partial charge in [-0.1, -0.05) is 36.4 Å². The number of aryl methyl sites for hydroxylation is 1. The summed E-state index contributed by atoms with van der Waals surface area (Å²) in [5.41, 5.74) is 6.03. The van der Waals surface area contributed by atoms with Crippen molar-refractivity contribution in [1.29, 1.82) is 0 Å². The van der Waals surface area contributed by atoms with Gasteiger partial charge in [-0.15, -0.1) is 9.24 Å². The average molecular weight is 389 g/mol. The molecule has 4 rings (SSSR count). The summed E-state index contributed by atoms with van der Waals surface area (Å²) in [6.07, 6.45) is 0. The van der Waals surface area contributed by atoms with Gasteiger partial charge in [-0.2, -0.15) is 0 Å². The van der Waals surface area contributed by atoms with Crippen molar-refractivity contribution in [1.82, 2.24) is 4.98 Å². The number of fused-ring (bicyclic) bond motifs is 1. The largest absolute Gasteiger partial charge is 0.380 e. The summed E-state index contributed by atoms with van der Waals surface area (Å²) in [7, 11) is 4.36. The third-order valence-electron chi connectivity index (χ3n) is 4.85. The van der Waals surface area contributed by atoms with Crippen molar-refractivity contribution in [3.05, 3.63) is 83.7 Å². The summed E-state index contributed by atoms with van der Waals surface area (Å²) in [4.78, 5) is 4.74. The van der Waals surface area contributed by atoms with E-state index in [4.69, 9.17) is 9.72 Å². The maximum absolute atomic E-state index is 14.9. The van der Waals surface area contributed by atoms with Crippen molar-refractivity contribution >= 4 is 25.4 Å². The second-order valence-corrected chi connectivity index (χ2v) is 7.60. The smallest absolute Gasteiger partial charge is 0.131 e. The molecule has 0 amide bonds. The van der Waals surface area contributed by atoms with Crippen molar-refractivity contribution in [3.8, 4) is 22.4 Å². The highest BCUT2D eigenvalue weighted by Gasteiger charge is 2.11. The van der Waals surface area contributed by atoms with Gasteiger partial charge in [0.05, 0.1) is 17.8 Å². The van der Waals surface area contributed by atoms with E-state index in [2.05, 4.69) is 22.2 Å². The molecule has 0 radical (unpaired) electrons. The van der Waals surface area contributed by atoms with Gasteiger partial charge in [0.2, 0.25) is 0 Å². The molecule has 4 heteroatoms. The van der Waals surface area contributed by atoms with E-state index >= 15 is 0 Å². The zero-order valence-corrected chi connectivity index (χ0v) is 17.0. The van der Waals surface area contributed by atoms with Crippen LogP contribution in [0.25, 0.3) is 33.3 Å². The fourth-order valence-electron chi connectivity index (χ4n) is 3.46. The minimum atomic E-state index is -0.257. The summed E-state index contributed by atoms with van der Waals surface area (Å²) < 4.78 is 20.1. The van der Waals surface area contributed by atoms with Gasteiger partial charge in [0.15, 0.2) is 0 Å². The minimum Gasteiger partial charge on any atom is -0.380 e. The van der Waals surface area contributed by atoms with Gasteiger partial charge in [0.25, 0.3) is 0 Å². The summed E-state index contributed by atoms with van der Waals surface area (Å²) in [5, 5.41) is 2.24. The van der Waals surface area contributed by atoms with Crippen LogP contribution in [-0.2, 0) is 11.3 Å². The maximum Gasteiger partial charge on any atom is 0.131 e. The number of aromatic nitrogens is 1. The number of benzene rings is 3. The van der Waals surface area contributed by atoms with Crippen LogP contribution in [0.4, 0.5) is 4.39 Å². The Kier molecular flexibility index (Phi) is 5.21. The molecule has 1 aromatic heterocycles. The number of hydrogen-bond donors (Lipinski definition) is 0. The van der Waals surface area contributed by atoms with Crippen molar-refractivity contribution in [3.63, 3.8) is 0 Å². The molecule has 0 aliphatic carbocycles. The van der Waals surface area contributed by atoms with Crippen molar-refractivity contribution < 1.29 is 9.13 Å². The Hall–Kier alpha value is -2.61. The Morgan fingerprint density at radius 3 is 2.61 bits per heavy atom. The number of nitrogens with zero attached hydrogens (tertiary/aromatic N) is 1. The van der Waals surface area contributed by atoms with Crippen LogP contribution in [-0.4, -0.2) is 12.1 Å². The summed E-state index contributed by atoms with van der Waals surface area (Å²) >= 11 is 0. The monoisotopic (exact) mass is 389 g/mol. The first-order valence-electron chi connectivity index (χ1n) is 9.10. The molecule has 1 heterocycles. The Morgan fingerprint density at radius 2 is 1.82 bits per heavy atom. The van der Waals surface area contributed by atoms with Crippen molar-refractivity contribution in [2.24, 2.45) is 0 Å². The molecule has 140 valence electrons. The van der Waals surface area contributed by atoms with Gasteiger partial charge in [-0.05, 0) is 59.3 Å². The molecular formula is C24H21FNOP. The van der Waals surface area contributed by atoms with E-state index in [1.807, 2.05) is 54.6 Å². The topological polar surface area (TPSA) is 22.1 Å². The molecule has 3 aromatic carbocycles. The first kappa shape index (κ1) is 18.7. The van der Waals surface area contributed by atoms with E-state index in [1.165, 1.54) is 0 Å². The number of methoxy groups -OCH3 is 1. The third kappa shape index (κ3) is 3.69. The first-order valence-corrected chi connectivity index (χ1v) is 9.68. The Morgan fingerprint density at radius 1 is 0.964 bits per heavy atom. The number of halogens is 1. The van der Waals surface area contributed by atoms with E-state index in [1.54, 1.807) is 13.2 Å². The van der Waals surface area contributed by atoms with Gasteiger partial charge in [-0.3, -0.25) is 0 Å². The van der Waals surface area contributed by atoms with Gasteiger partial charge >= 0.3 is 0 Å². The maximum atomic E-state index is 14.9. The summed E-state index contributed by atoms with van der Waals surface area (Å²) in [5.74, 6) is -0.257. The molecule has 0 saturated heterocycles. The van der Waals surface area contributed by atoms with E-state index < -0.39 is 0 Å². The zero-order valence-electron chi connectivity index (χ0n) is 15.9. The number of pyridine rings is 1. The second kappa shape index (κ2) is 7.79. The van der Waals surface area contributed by atoms with Gasteiger partial charge in [0.1, 0.15) is 5.82 Å². The minimum absolute atomic E-state index is 0.257. The summed E-state index contributed by atoms with van der Waals surface area (Å²) in [6, 6.07) is 21.2.